The highest BCUT2D eigenvalue weighted by atomic mass is 16.2. The molecule has 1 aromatic carbocycles. The molecule has 146 valence electrons. The quantitative estimate of drug-likeness (QED) is 0.480. The summed E-state index contributed by atoms with van der Waals surface area (Å²) in [5, 5.41) is 5.99. The molecule has 2 atom stereocenters. The van der Waals surface area contributed by atoms with Crippen LogP contribution in [0.1, 0.15) is 79.1 Å². The molecule has 1 rings (SSSR count). The summed E-state index contributed by atoms with van der Waals surface area (Å²) in [5.41, 5.74) is 1.56. The van der Waals surface area contributed by atoms with Crippen molar-refractivity contribution in [1.82, 2.24) is 0 Å². The van der Waals surface area contributed by atoms with Crippen LogP contribution in [0.2, 0.25) is 0 Å². The summed E-state index contributed by atoms with van der Waals surface area (Å²) in [6.45, 7) is 8.40. The molecule has 0 saturated heterocycles. The molecule has 0 aliphatic heterocycles. The van der Waals surface area contributed by atoms with Crippen molar-refractivity contribution in [2.75, 3.05) is 10.6 Å². The van der Waals surface area contributed by atoms with E-state index in [9.17, 15) is 9.59 Å². The Labute approximate surface area is 159 Å². The van der Waals surface area contributed by atoms with Crippen molar-refractivity contribution < 1.29 is 9.59 Å². The molecule has 0 heterocycles. The number of hydrogen-bond acceptors (Lipinski definition) is 2. The molecule has 2 amide bonds. The fourth-order valence-corrected chi connectivity index (χ4v) is 3.07. The Bertz CT molecular complexity index is 491. The van der Waals surface area contributed by atoms with Gasteiger partial charge in [-0.3, -0.25) is 9.59 Å². The van der Waals surface area contributed by atoms with Crippen LogP contribution in [0.25, 0.3) is 0 Å². The van der Waals surface area contributed by atoms with Crippen molar-refractivity contribution in [3.05, 3.63) is 24.3 Å². The van der Waals surface area contributed by atoms with E-state index in [1.165, 1.54) is 0 Å². The van der Waals surface area contributed by atoms with E-state index in [0.29, 0.717) is 0 Å². The molecule has 26 heavy (non-hydrogen) atoms. The predicted molar refractivity (Wildman–Crippen MR) is 110 cm³/mol. The normalized spacial score (nSPS) is 13.1. The highest BCUT2D eigenvalue weighted by Gasteiger charge is 2.17. The summed E-state index contributed by atoms with van der Waals surface area (Å²) in [6.07, 6.45) is 7.95. The van der Waals surface area contributed by atoms with Gasteiger partial charge in [-0.25, -0.2) is 0 Å². The van der Waals surface area contributed by atoms with Gasteiger partial charge in [-0.2, -0.15) is 0 Å². The number of amides is 2. The van der Waals surface area contributed by atoms with E-state index in [-0.39, 0.29) is 23.7 Å². The third-order valence-corrected chi connectivity index (χ3v) is 4.96. The molecule has 1 aromatic rings. The van der Waals surface area contributed by atoms with Crippen molar-refractivity contribution in [3.63, 3.8) is 0 Å². The third-order valence-electron chi connectivity index (χ3n) is 4.96. The first kappa shape index (κ1) is 22.2. The predicted octanol–water partition coefficient (Wildman–Crippen LogP) is 6.00. The van der Waals surface area contributed by atoms with Crippen molar-refractivity contribution in [2.45, 2.75) is 79.1 Å². The number of anilines is 2. The minimum atomic E-state index is 0.0678. The molecule has 2 N–H and O–H groups in total. The summed E-state index contributed by atoms with van der Waals surface area (Å²) >= 11 is 0. The van der Waals surface area contributed by atoms with Gasteiger partial charge in [0.15, 0.2) is 0 Å². The molecule has 0 radical (unpaired) electrons. The van der Waals surface area contributed by atoms with Crippen molar-refractivity contribution in [1.29, 1.82) is 0 Å². The molecule has 0 aliphatic carbocycles. The Kier molecular flexibility index (Phi) is 10.7. The SMILES string of the molecule is CCCC[C@H](CC)C(=O)Nc1ccc(NC(=O)[C@@H](CC)CCCC)cc1. The maximum absolute atomic E-state index is 12.4. The van der Waals surface area contributed by atoms with E-state index in [4.69, 9.17) is 0 Å². The van der Waals surface area contributed by atoms with Crippen LogP contribution in [0.4, 0.5) is 11.4 Å². The van der Waals surface area contributed by atoms with Crippen LogP contribution in [0.5, 0.6) is 0 Å². The highest BCUT2D eigenvalue weighted by Crippen LogP contribution is 2.20. The average Bonchev–Trinajstić information content (AvgIpc) is 2.64. The maximum Gasteiger partial charge on any atom is 0.227 e. The third kappa shape index (κ3) is 7.59. The standard InChI is InChI=1S/C22H36N2O2/c1-5-9-11-17(7-3)21(25)23-19-13-15-20(16-14-19)24-22(26)18(8-4)12-10-6-2/h13-18H,5-12H2,1-4H3,(H,23,25)(H,24,26)/t17-,18-/m0/s1. The molecular formula is C22H36N2O2. The summed E-state index contributed by atoms with van der Waals surface area (Å²) in [7, 11) is 0. The van der Waals surface area contributed by atoms with E-state index in [1.54, 1.807) is 0 Å². The largest absolute Gasteiger partial charge is 0.326 e. The second kappa shape index (κ2) is 12.5. The first-order valence-corrected chi connectivity index (χ1v) is 10.3. The van der Waals surface area contributed by atoms with E-state index in [1.807, 2.05) is 24.3 Å². The molecule has 0 aliphatic rings. The number of nitrogens with one attached hydrogen (secondary N) is 2. The van der Waals surface area contributed by atoms with Crippen molar-refractivity contribution in [3.8, 4) is 0 Å². The molecule has 0 unspecified atom stereocenters. The molecule has 0 fully saturated rings. The first-order chi connectivity index (χ1) is 12.5. The van der Waals surface area contributed by atoms with Gasteiger partial charge in [-0.1, -0.05) is 53.4 Å². The minimum absolute atomic E-state index is 0.0678. The summed E-state index contributed by atoms with van der Waals surface area (Å²) in [6, 6.07) is 7.42. The first-order valence-electron chi connectivity index (χ1n) is 10.3. The number of benzene rings is 1. The van der Waals surface area contributed by atoms with Crippen LogP contribution in [0, 0.1) is 11.8 Å². The Morgan fingerprint density at radius 2 is 1.08 bits per heavy atom. The summed E-state index contributed by atoms with van der Waals surface area (Å²) < 4.78 is 0. The summed E-state index contributed by atoms with van der Waals surface area (Å²) in [4.78, 5) is 24.7. The second-order valence-electron chi connectivity index (χ2n) is 7.05. The fourth-order valence-electron chi connectivity index (χ4n) is 3.07. The van der Waals surface area contributed by atoms with Crippen LogP contribution < -0.4 is 10.6 Å². The van der Waals surface area contributed by atoms with Gasteiger partial charge in [0.2, 0.25) is 11.8 Å². The maximum atomic E-state index is 12.4. The molecule has 0 saturated carbocycles. The Balaban J connectivity index is 2.59. The lowest BCUT2D eigenvalue weighted by atomic mass is 9.98. The Hall–Kier alpha value is -1.84. The van der Waals surface area contributed by atoms with E-state index in [2.05, 4.69) is 38.3 Å². The Morgan fingerprint density at radius 1 is 0.731 bits per heavy atom. The van der Waals surface area contributed by atoms with Crippen LogP contribution >= 0.6 is 0 Å². The van der Waals surface area contributed by atoms with Gasteiger partial charge in [0.1, 0.15) is 0 Å². The monoisotopic (exact) mass is 360 g/mol. The van der Waals surface area contributed by atoms with E-state index in [0.717, 1.165) is 62.7 Å². The van der Waals surface area contributed by atoms with Gasteiger partial charge >= 0.3 is 0 Å². The smallest absolute Gasteiger partial charge is 0.227 e. The molecule has 0 spiro atoms. The van der Waals surface area contributed by atoms with Crippen LogP contribution in [0.15, 0.2) is 24.3 Å². The molecular weight excluding hydrogens is 324 g/mol. The lowest BCUT2D eigenvalue weighted by Crippen LogP contribution is -2.23. The van der Waals surface area contributed by atoms with Crippen LogP contribution in [0.3, 0.4) is 0 Å². The topological polar surface area (TPSA) is 58.2 Å². The van der Waals surface area contributed by atoms with Gasteiger partial charge in [0, 0.05) is 23.2 Å². The van der Waals surface area contributed by atoms with Gasteiger partial charge in [0.05, 0.1) is 0 Å². The van der Waals surface area contributed by atoms with Gasteiger partial charge in [-0.15, -0.1) is 0 Å². The van der Waals surface area contributed by atoms with E-state index < -0.39 is 0 Å². The number of carbonyl (C=O) groups excluding carboxylic acids is 2. The zero-order valence-corrected chi connectivity index (χ0v) is 16.9. The summed E-state index contributed by atoms with van der Waals surface area (Å²) in [5.74, 6) is 0.308. The van der Waals surface area contributed by atoms with E-state index >= 15 is 0 Å². The van der Waals surface area contributed by atoms with Gasteiger partial charge in [-0.05, 0) is 49.9 Å². The van der Waals surface area contributed by atoms with Crippen LogP contribution in [-0.2, 0) is 9.59 Å². The molecule has 4 heteroatoms. The van der Waals surface area contributed by atoms with Crippen LogP contribution in [-0.4, -0.2) is 11.8 Å². The van der Waals surface area contributed by atoms with Crippen molar-refractivity contribution >= 4 is 23.2 Å². The fraction of sp³-hybridized carbons (Fsp3) is 0.636. The molecule has 4 nitrogen and oxygen atoms in total. The number of rotatable bonds is 12. The zero-order chi connectivity index (χ0) is 19.4. The number of carbonyl (C=O) groups is 2. The van der Waals surface area contributed by atoms with Gasteiger partial charge in [0.25, 0.3) is 0 Å². The number of hydrogen-bond donors (Lipinski definition) is 2. The lowest BCUT2D eigenvalue weighted by molar-refractivity contribution is -0.121. The second-order valence-corrected chi connectivity index (χ2v) is 7.05. The zero-order valence-electron chi connectivity index (χ0n) is 16.9. The lowest BCUT2D eigenvalue weighted by Gasteiger charge is -2.16. The highest BCUT2D eigenvalue weighted by molar-refractivity contribution is 5.94. The van der Waals surface area contributed by atoms with Crippen molar-refractivity contribution in [2.24, 2.45) is 11.8 Å². The molecule has 0 bridgehead atoms. The Morgan fingerprint density at radius 3 is 1.35 bits per heavy atom. The minimum Gasteiger partial charge on any atom is -0.326 e. The average molecular weight is 361 g/mol. The van der Waals surface area contributed by atoms with Gasteiger partial charge < -0.3 is 10.6 Å². The number of unbranched alkanes of at least 4 members (excludes halogenated alkanes) is 2. The molecule has 0 aromatic heterocycles.